The molecule has 160 valence electrons. The van der Waals surface area contributed by atoms with Gasteiger partial charge in [0.2, 0.25) is 5.54 Å². The van der Waals surface area contributed by atoms with E-state index in [0.29, 0.717) is 34.1 Å². The highest BCUT2D eigenvalue weighted by molar-refractivity contribution is 7.22. The molecule has 1 fully saturated rings. The number of hydrogen-bond acceptors (Lipinski definition) is 7. The van der Waals surface area contributed by atoms with Gasteiger partial charge in [0.25, 0.3) is 11.8 Å². The highest BCUT2D eigenvalue weighted by Gasteiger charge is 2.48. The third-order valence-electron chi connectivity index (χ3n) is 5.41. The van der Waals surface area contributed by atoms with E-state index < -0.39 is 17.5 Å². The Morgan fingerprint density at radius 1 is 1.28 bits per heavy atom. The fraction of sp³-hybridized carbons (Fsp3) is 0.182. The minimum atomic E-state index is -1.59. The predicted molar refractivity (Wildman–Crippen MR) is 118 cm³/mol. The van der Waals surface area contributed by atoms with E-state index in [1.54, 1.807) is 24.3 Å². The lowest BCUT2D eigenvalue weighted by Gasteiger charge is -2.26. The van der Waals surface area contributed by atoms with Gasteiger partial charge in [-0.3, -0.25) is 14.9 Å². The predicted octanol–water partition coefficient (Wildman–Crippen LogP) is 1.47. The maximum absolute atomic E-state index is 13.0. The van der Waals surface area contributed by atoms with Gasteiger partial charge in [-0.1, -0.05) is 35.3 Å². The van der Waals surface area contributed by atoms with E-state index in [1.807, 2.05) is 12.1 Å². The Morgan fingerprint density at radius 3 is 2.88 bits per heavy atom. The van der Waals surface area contributed by atoms with Gasteiger partial charge in [0.1, 0.15) is 5.75 Å². The van der Waals surface area contributed by atoms with E-state index in [0.717, 1.165) is 10.3 Å². The Bertz CT molecular complexity index is 1370. The summed E-state index contributed by atoms with van der Waals surface area (Å²) < 4.78 is 5.99. The molecule has 0 spiro atoms. The maximum Gasteiger partial charge on any atom is 0.323 e. The number of rotatable bonds is 3. The van der Waals surface area contributed by atoms with E-state index in [-0.39, 0.29) is 12.5 Å². The van der Waals surface area contributed by atoms with Gasteiger partial charge < -0.3 is 20.7 Å². The van der Waals surface area contributed by atoms with Crippen LogP contribution in [0.5, 0.6) is 5.75 Å². The quantitative estimate of drug-likeness (QED) is 0.412. The number of nitrogens with two attached hydrogens (primary N) is 1. The standard InChI is InChI=1S/C22H17N5O4S/c1-31-14-6-5-13-10-27(18(28)15(13)9-14)11-22(19(29)25-21(30)26-22)8-7-12-3-2-4-16-17(12)32-20(23)24-16/h2-6,9H,10-11H2,1H3,(H2,23,24)(H2,25,26,29,30)/t22-/m1/s1. The zero-order chi connectivity index (χ0) is 22.5. The van der Waals surface area contributed by atoms with Crippen LogP contribution in [0.1, 0.15) is 21.5 Å². The molecule has 1 atom stereocenters. The first-order chi connectivity index (χ1) is 15.4. The normalized spacial score (nSPS) is 19.4. The van der Waals surface area contributed by atoms with E-state index in [1.165, 1.54) is 23.3 Å². The molecular formula is C22H17N5O4S. The van der Waals surface area contributed by atoms with Gasteiger partial charge in [-0.05, 0) is 29.8 Å². The molecule has 0 radical (unpaired) electrons. The molecule has 0 unspecified atom stereocenters. The van der Waals surface area contributed by atoms with Crippen LogP contribution < -0.4 is 21.1 Å². The maximum atomic E-state index is 13.0. The van der Waals surface area contributed by atoms with E-state index in [9.17, 15) is 14.4 Å². The summed E-state index contributed by atoms with van der Waals surface area (Å²) in [5.74, 6) is 5.61. The summed E-state index contributed by atoms with van der Waals surface area (Å²) in [6.07, 6.45) is 0. The van der Waals surface area contributed by atoms with Gasteiger partial charge in [0.05, 0.1) is 23.9 Å². The summed E-state index contributed by atoms with van der Waals surface area (Å²) in [6.45, 7) is 0.194. The Labute approximate surface area is 186 Å². The highest BCUT2D eigenvalue weighted by Crippen LogP contribution is 2.29. The third kappa shape index (κ3) is 3.19. The fourth-order valence-corrected chi connectivity index (χ4v) is 4.65. The number of urea groups is 1. The zero-order valence-corrected chi connectivity index (χ0v) is 17.7. The molecule has 2 aromatic carbocycles. The molecule has 4 N–H and O–H groups in total. The number of carbonyl (C=O) groups excluding carboxylic acids is 3. The number of ether oxygens (including phenoxy) is 1. The Balaban J connectivity index is 1.51. The number of thiazole rings is 1. The average molecular weight is 447 g/mol. The van der Waals surface area contributed by atoms with Crippen molar-refractivity contribution in [1.29, 1.82) is 0 Å². The number of imide groups is 1. The number of amides is 4. The van der Waals surface area contributed by atoms with Crippen LogP contribution in [0.3, 0.4) is 0 Å². The molecule has 3 aromatic rings. The van der Waals surface area contributed by atoms with Crippen molar-refractivity contribution >= 4 is 44.5 Å². The summed E-state index contributed by atoms with van der Waals surface area (Å²) in [7, 11) is 1.53. The number of nitrogens with one attached hydrogen (secondary N) is 2. The Morgan fingerprint density at radius 2 is 2.12 bits per heavy atom. The molecule has 5 rings (SSSR count). The van der Waals surface area contributed by atoms with Gasteiger partial charge >= 0.3 is 6.03 Å². The van der Waals surface area contributed by atoms with Gasteiger partial charge in [-0.2, -0.15) is 0 Å². The van der Waals surface area contributed by atoms with Crippen LogP contribution in [-0.2, 0) is 11.3 Å². The molecule has 10 heteroatoms. The van der Waals surface area contributed by atoms with E-state index in [2.05, 4.69) is 27.5 Å². The Hall–Kier alpha value is -4.10. The number of hydrogen-bond donors (Lipinski definition) is 3. The number of fused-ring (bicyclic) bond motifs is 2. The second kappa shape index (κ2) is 7.25. The number of methoxy groups -OCH3 is 1. The largest absolute Gasteiger partial charge is 0.497 e. The van der Waals surface area contributed by atoms with Crippen molar-refractivity contribution in [2.75, 3.05) is 19.4 Å². The van der Waals surface area contributed by atoms with Crippen molar-refractivity contribution in [3.05, 3.63) is 53.1 Å². The van der Waals surface area contributed by atoms with Crippen LogP contribution in [0.25, 0.3) is 10.2 Å². The molecule has 2 aliphatic heterocycles. The molecule has 1 aromatic heterocycles. The molecule has 9 nitrogen and oxygen atoms in total. The molecule has 2 aliphatic rings. The van der Waals surface area contributed by atoms with Gasteiger partial charge in [0.15, 0.2) is 5.13 Å². The van der Waals surface area contributed by atoms with Crippen molar-refractivity contribution < 1.29 is 19.1 Å². The summed E-state index contributed by atoms with van der Waals surface area (Å²) in [6, 6.07) is 10.00. The second-order valence-electron chi connectivity index (χ2n) is 7.45. The molecule has 3 heterocycles. The summed E-state index contributed by atoms with van der Waals surface area (Å²) in [5, 5.41) is 5.25. The number of anilines is 1. The van der Waals surface area contributed by atoms with Crippen LogP contribution in [-0.4, -0.2) is 46.9 Å². The number of nitrogen functional groups attached to an aromatic ring is 1. The first-order valence-electron chi connectivity index (χ1n) is 9.66. The van der Waals surface area contributed by atoms with Crippen LogP contribution >= 0.6 is 11.3 Å². The number of carbonyl (C=O) groups is 3. The van der Waals surface area contributed by atoms with Crippen molar-refractivity contribution in [2.45, 2.75) is 12.1 Å². The molecule has 0 aliphatic carbocycles. The lowest BCUT2D eigenvalue weighted by atomic mass is 9.99. The molecule has 0 bridgehead atoms. The third-order valence-corrected chi connectivity index (χ3v) is 6.34. The van der Waals surface area contributed by atoms with Crippen molar-refractivity contribution in [3.63, 3.8) is 0 Å². The summed E-state index contributed by atoms with van der Waals surface area (Å²) >= 11 is 1.29. The van der Waals surface area contributed by atoms with Gasteiger partial charge in [-0.25, -0.2) is 9.78 Å². The van der Waals surface area contributed by atoms with E-state index in [4.69, 9.17) is 10.5 Å². The smallest absolute Gasteiger partial charge is 0.323 e. The molecule has 4 amide bonds. The number of nitrogens with zero attached hydrogens (tertiary/aromatic N) is 2. The number of benzene rings is 2. The topological polar surface area (TPSA) is 127 Å². The first-order valence-corrected chi connectivity index (χ1v) is 10.5. The summed E-state index contributed by atoms with van der Waals surface area (Å²) in [5.41, 5.74) is 6.88. The highest BCUT2D eigenvalue weighted by atomic mass is 32.1. The van der Waals surface area contributed by atoms with Crippen LogP contribution in [0.4, 0.5) is 9.93 Å². The monoisotopic (exact) mass is 447 g/mol. The van der Waals surface area contributed by atoms with Gasteiger partial charge in [-0.15, -0.1) is 0 Å². The van der Waals surface area contributed by atoms with Crippen molar-refractivity contribution in [2.24, 2.45) is 0 Å². The minimum absolute atomic E-state index is 0.103. The van der Waals surface area contributed by atoms with E-state index >= 15 is 0 Å². The Kier molecular flexibility index (Phi) is 4.49. The minimum Gasteiger partial charge on any atom is -0.497 e. The van der Waals surface area contributed by atoms with Crippen molar-refractivity contribution in [3.8, 4) is 17.6 Å². The molecule has 0 saturated carbocycles. The first kappa shape index (κ1) is 19.8. The summed E-state index contributed by atoms with van der Waals surface area (Å²) in [4.78, 5) is 43.5. The van der Waals surface area contributed by atoms with Crippen LogP contribution in [0, 0.1) is 11.8 Å². The van der Waals surface area contributed by atoms with Crippen LogP contribution in [0.2, 0.25) is 0 Å². The number of aromatic nitrogens is 1. The molecular weight excluding hydrogens is 430 g/mol. The molecule has 1 saturated heterocycles. The van der Waals surface area contributed by atoms with Gasteiger partial charge in [0, 0.05) is 17.7 Å². The molecule has 32 heavy (non-hydrogen) atoms. The zero-order valence-electron chi connectivity index (χ0n) is 16.9. The SMILES string of the molecule is COc1ccc2c(c1)C(=O)N(C[C@@]1(C#Cc3cccc4nc(N)sc34)NC(=O)NC1=O)C2. The second-order valence-corrected chi connectivity index (χ2v) is 8.48. The lowest BCUT2D eigenvalue weighted by Crippen LogP contribution is -2.54. The lowest BCUT2D eigenvalue weighted by molar-refractivity contribution is -0.122. The van der Waals surface area contributed by atoms with Crippen molar-refractivity contribution in [1.82, 2.24) is 20.5 Å². The van der Waals surface area contributed by atoms with Crippen LogP contribution in [0.15, 0.2) is 36.4 Å². The fourth-order valence-electron chi connectivity index (χ4n) is 3.85. The average Bonchev–Trinajstić information content (AvgIpc) is 3.39.